The molecule has 0 aliphatic carbocycles. The van der Waals surface area contributed by atoms with Gasteiger partial charge in [-0.2, -0.15) is 0 Å². The Balaban J connectivity index is 1.91. The third kappa shape index (κ3) is 1.53. The molecule has 4 heteroatoms. The van der Waals surface area contributed by atoms with Crippen LogP contribution in [0, 0.1) is 0 Å². The molecule has 0 bridgehead atoms. The zero-order valence-corrected chi connectivity index (χ0v) is 7.07. The Hall–Kier alpha value is -0.770. The van der Waals surface area contributed by atoms with Crippen molar-refractivity contribution in [3.05, 3.63) is 0 Å². The summed E-state index contributed by atoms with van der Waals surface area (Å²) in [5.41, 5.74) is 0. The lowest BCUT2D eigenvalue weighted by molar-refractivity contribution is -0.0762. The number of rotatable bonds is 0. The van der Waals surface area contributed by atoms with Crippen LogP contribution in [0.2, 0.25) is 0 Å². The first-order valence-corrected chi connectivity index (χ1v) is 4.52. The van der Waals surface area contributed by atoms with E-state index in [0.717, 1.165) is 18.9 Å². The van der Waals surface area contributed by atoms with Gasteiger partial charge in [0.05, 0.1) is 6.42 Å². The van der Waals surface area contributed by atoms with Crippen LogP contribution in [0.4, 0.5) is 0 Å². The van der Waals surface area contributed by atoms with E-state index in [1.54, 1.807) is 0 Å². The molecule has 4 nitrogen and oxygen atoms in total. The first-order valence-electron chi connectivity index (χ1n) is 4.52. The normalized spacial score (nSPS) is 29.9. The molecule has 1 N–H and O–H groups in total. The van der Waals surface area contributed by atoms with E-state index in [1.807, 2.05) is 0 Å². The van der Waals surface area contributed by atoms with Crippen LogP contribution in [0.15, 0.2) is 5.16 Å². The highest BCUT2D eigenvalue weighted by molar-refractivity contribution is 5.83. The van der Waals surface area contributed by atoms with E-state index >= 15 is 0 Å². The fourth-order valence-corrected chi connectivity index (χ4v) is 1.69. The molecule has 2 aliphatic heterocycles. The molecule has 1 saturated heterocycles. The van der Waals surface area contributed by atoms with Gasteiger partial charge in [0.2, 0.25) is 6.29 Å². The summed E-state index contributed by atoms with van der Waals surface area (Å²) in [4.78, 5) is 6.93. The standard InChI is InChI=1S/C8H14N2O2/c11-8-6-7(9-12-8)10-4-2-1-3-5-10/h8,11H,1-6H2. The SMILES string of the molecule is OC1CC(N2CCCCC2)=NO1. The van der Waals surface area contributed by atoms with Crippen molar-refractivity contribution >= 4 is 5.84 Å². The van der Waals surface area contributed by atoms with Gasteiger partial charge in [-0.3, -0.25) is 0 Å². The number of nitrogens with zero attached hydrogens (tertiary/aromatic N) is 2. The fraction of sp³-hybridized carbons (Fsp3) is 0.875. The number of piperidine rings is 1. The Morgan fingerprint density at radius 3 is 2.67 bits per heavy atom. The van der Waals surface area contributed by atoms with E-state index in [1.165, 1.54) is 19.3 Å². The molecule has 2 rings (SSSR count). The van der Waals surface area contributed by atoms with Gasteiger partial charge in [-0.05, 0) is 19.3 Å². The first-order chi connectivity index (χ1) is 5.86. The molecule has 0 amide bonds. The van der Waals surface area contributed by atoms with Crippen LogP contribution in [0.5, 0.6) is 0 Å². The third-order valence-electron chi connectivity index (χ3n) is 2.36. The summed E-state index contributed by atoms with van der Waals surface area (Å²) in [7, 11) is 0. The minimum atomic E-state index is -0.707. The van der Waals surface area contributed by atoms with Crippen molar-refractivity contribution in [3.8, 4) is 0 Å². The summed E-state index contributed by atoms with van der Waals surface area (Å²) in [5, 5.41) is 12.9. The smallest absolute Gasteiger partial charge is 0.231 e. The molecule has 2 heterocycles. The summed E-state index contributed by atoms with van der Waals surface area (Å²) in [6.45, 7) is 2.13. The van der Waals surface area contributed by atoms with Crippen molar-refractivity contribution in [2.24, 2.45) is 5.16 Å². The van der Waals surface area contributed by atoms with Crippen molar-refractivity contribution in [2.75, 3.05) is 13.1 Å². The molecule has 0 aromatic rings. The van der Waals surface area contributed by atoms with Crippen LogP contribution >= 0.6 is 0 Å². The van der Waals surface area contributed by atoms with Crippen LogP contribution in [0.25, 0.3) is 0 Å². The summed E-state index contributed by atoms with van der Waals surface area (Å²) in [6.07, 6.45) is 3.62. The second-order valence-corrected chi connectivity index (χ2v) is 3.32. The number of hydrogen-bond acceptors (Lipinski definition) is 4. The highest BCUT2D eigenvalue weighted by Crippen LogP contribution is 2.16. The van der Waals surface area contributed by atoms with E-state index in [-0.39, 0.29) is 0 Å². The fourth-order valence-electron chi connectivity index (χ4n) is 1.69. The third-order valence-corrected chi connectivity index (χ3v) is 2.36. The number of oxime groups is 1. The predicted octanol–water partition coefficient (Wildman–Crippen LogP) is 0.524. The lowest BCUT2D eigenvalue weighted by Crippen LogP contribution is -2.35. The number of likely N-dealkylation sites (tertiary alicyclic amines) is 1. The van der Waals surface area contributed by atoms with Crippen molar-refractivity contribution < 1.29 is 9.94 Å². The molecule has 2 aliphatic rings. The van der Waals surface area contributed by atoms with Crippen LogP contribution in [0.3, 0.4) is 0 Å². The van der Waals surface area contributed by atoms with Gasteiger partial charge in [0.15, 0.2) is 5.84 Å². The number of aliphatic hydroxyl groups excluding tert-OH is 1. The highest BCUT2D eigenvalue weighted by Gasteiger charge is 2.23. The largest absolute Gasteiger partial charge is 0.362 e. The van der Waals surface area contributed by atoms with Crippen molar-refractivity contribution in [1.82, 2.24) is 4.90 Å². The van der Waals surface area contributed by atoms with Gasteiger partial charge in [-0.15, -0.1) is 0 Å². The summed E-state index contributed by atoms with van der Waals surface area (Å²) in [5.74, 6) is 0.919. The van der Waals surface area contributed by atoms with Crippen LogP contribution < -0.4 is 0 Å². The Morgan fingerprint density at radius 1 is 1.33 bits per heavy atom. The van der Waals surface area contributed by atoms with Gasteiger partial charge in [0.25, 0.3) is 0 Å². The van der Waals surface area contributed by atoms with Crippen molar-refractivity contribution in [1.29, 1.82) is 0 Å². The van der Waals surface area contributed by atoms with Gasteiger partial charge in [0.1, 0.15) is 0 Å². The Bertz CT molecular complexity index is 187. The molecular formula is C8H14N2O2. The monoisotopic (exact) mass is 170 g/mol. The lowest BCUT2D eigenvalue weighted by Gasteiger charge is -2.27. The second kappa shape index (κ2) is 3.31. The molecule has 1 fully saturated rings. The Morgan fingerprint density at radius 2 is 2.08 bits per heavy atom. The van der Waals surface area contributed by atoms with Gasteiger partial charge in [-0.25, -0.2) is 0 Å². The Kier molecular flexibility index (Phi) is 2.17. The molecule has 0 aromatic heterocycles. The van der Waals surface area contributed by atoms with E-state index in [9.17, 15) is 0 Å². The molecule has 0 radical (unpaired) electrons. The minimum absolute atomic E-state index is 0.556. The quantitative estimate of drug-likeness (QED) is 0.576. The first kappa shape index (κ1) is 7.86. The summed E-state index contributed by atoms with van der Waals surface area (Å²) in [6, 6.07) is 0. The molecule has 68 valence electrons. The average molecular weight is 170 g/mol. The molecule has 1 atom stereocenters. The molecule has 12 heavy (non-hydrogen) atoms. The van der Waals surface area contributed by atoms with Gasteiger partial charge in [-0.1, -0.05) is 5.16 Å². The zero-order valence-electron chi connectivity index (χ0n) is 7.07. The Labute approximate surface area is 71.8 Å². The molecule has 0 saturated carbocycles. The number of aliphatic hydroxyl groups is 1. The van der Waals surface area contributed by atoms with Gasteiger partial charge in [0, 0.05) is 13.1 Å². The second-order valence-electron chi connectivity index (χ2n) is 3.32. The van der Waals surface area contributed by atoms with Crippen LogP contribution in [-0.4, -0.2) is 35.2 Å². The topological polar surface area (TPSA) is 45.1 Å². The molecular weight excluding hydrogens is 156 g/mol. The van der Waals surface area contributed by atoms with Gasteiger partial charge < -0.3 is 14.8 Å². The minimum Gasteiger partial charge on any atom is -0.362 e. The van der Waals surface area contributed by atoms with E-state index in [2.05, 4.69) is 10.1 Å². The van der Waals surface area contributed by atoms with Crippen LogP contribution in [-0.2, 0) is 4.84 Å². The molecule has 1 unspecified atom stereocenters. The van der Waals surface area contributed by atoms with E-state index < -0.39 is 6.29 Å². The molecule has 0 spiro atoms. The van der Waals surface area contributed by atoms with Crippen LogP contribution in [0.1, 0.15) is 25.7 Å². The molecule has 0 aromatic carbocycles. The van der Waals surface area contributed by atoms with Crippen molar-refractivity contribution in [3.63, 3.8) is 0 Å². The van der Waals surface area contributed by atoms with Gasteiger partial charge >= 0.3 is 0 Å². The maximum Gasteiger partial charge on any atom is 0.231 e. The number of amidine groups is 1. The zero-order chi connectivity index (χ0) is 8.39. The van der Waals surface area contributed by atoms with E-state index in [0.29, 0.717) is 6.42 Å². The maximum absolute atomic E-state index is 9.07. The highest BCUT2D eigenvalue weighted by atomic mass is 16.7. The maximum atomic E-state index is 9.07. The van der Waals surface area contributed by atoms with Crippen molar-refractivity contribution in [2.45, 2.75) is 32.0 Å². The lowest BCUT2D eigenvalue weighted by atomic mass is 10.1. The summed E-state index contributed by atoms with van der Waals surface area (Å²) >= 11 is 0. The average Bonchev–Trinajstić information content (AvgIpc) is 2.54. The number of hydrogen-bond donors (Lipinski definition) is 1. The summed E-state index contributed by atoms with van der Waals surface area (Å²) < 4.78 is 0. The van der Waals surface area contributed by atoms with E-state index in [4.69, 9.17) is 9.94 Å². The predicted molar refractivity (Wildman–Crippen MR) is 44.6 cm³/mol.